The Morgan fingerprint density at radius 1 is 1.32 bits per heavy atom. The number of phosphoric ester groups is 1. The Bertz CT molecular complexity index is 371. The lowest BCUT2D eigenvalue weighted by molar-refractivity contribution is -0.252. The minimum atomic E-state index is -4.76. The van der Waals surface area contributed by atoms with E-state index in [1.807, 2.05) is 0 Å². The lowest BCUT2D eigenvalue weighted by Gasteiger charge is -2.40. The molecule has 0 spiro atoms. The van der Waals surface area contributed by atoms with Gasteiger partial charge in [0.2, 0.25) is 5.91 Å². The van der Waals surface area contributed by atoms with Gasteiger partial charge in [0.15, 0.2) is 6.29 Å². The Hall–Kier alpha value is -0.580. The molecule has 0 bridgehead atoms. The number of rotatable bonds is 4. The van der Waals surface area contributed by atoms with Gasteiger partial charge in [-0.15, -0.1) is 0 Å². The third kappa shape index (κ3) is 4.79. The summed E-state index contributed by atoms with van der Waals surface area (Å²) in [5, 5.41) is 31.1. The van der Waals surface area contributed by atoms with E-state index >= 15 is 0 Å². The number of hydrogen-bond donors (Lipinski definition) is 6. The lowest BCUT2D eigenvalue weighted by Crippen LogP contribution is -2.64. The highest BCUT2D eigenvalue weighted by Gasteiger charge is 2.44. The molecule has 0 saturated carbocycles. The molecule has 10 nitrogen and oxygen atoms in total. The van der Waals surface area contributed by atoms with Gasteiger partial charge in [-0.2, -0.15) is 0 Å². The van der Waals surface area contributed by atoms with E-state index in [1.165, 1.54) is 0 Å². The zero-order valence-electron chi connectivity index (χ0n) is 9.91. The van der Waals surface area contributed by atoms with Crippen molar-refractivity contribution in [3.05, 3.63) is 0 Å². The largest absolute Gasteiger partial charge is 0.469 e. The molecule has 1 amide bonds. The van der Waals surface area contributed by atoms with Crippen LogP contribution in [0.25, 0.3) is 0 Å². The number of ether oxygens (including phenoxy) is 1. The van der Waals surface area contributed by atoms with E-state index in [0.29, 0.717) is 0 Å². The first kappa shape index (κ1) is 16.5. The van der Waals surface area contributed by atoms with Crippen LogP contribution in [0.4, 0.5) is 0 Å². The second kappa shape index (κ2) is 6.25. The van der Waals surface area contributed by atoms with Gasteiger partial charge in [-0.1, -0.05) is 0 Å². The predicted molar refractivity (Wildman–Crippen MR) is 58.5 cm³/mol. The molecule has 2 unspecified atom stereocenters. The fraction of sp³-hybridized carbons (Fsp3) is 0.875. The van der Waals surface area contributed by atoms with Crippen LogP contribution in [0.1, 0.15) is 6.92 Å². The summed E-state index contributed by atoms with van der Waals surface area (Å²) in [7, 11) is -4.76. The summed E-state index contributed by atoms with van der Waals surface area (Å²) < 4.78 is 19.5. The molecule has 5 atom stereocenters. The second-order valence-electron chi connectivity index (χ2n) is 4.06. The highest BCUT2D eigenvalue weighted by atomic mass is 31.2. The van der Waals surface area contributed by atoms with Gasteiger partial charge in [-0.25, -0.2) is 4.57 Å². The van der Waals surface area contributed by atoms with E-state index in [-0.39, 0.29) is 0 Å². The quantitative estimate of drug-likeness (QED) is 0.297. The van der Waals surface area contributed by atoms with Crippen molar-refractivity contribution >= 4 is 13.7 Å². The molecular formula is C8H16NO9P. The van der Waals surface area contributed by atoms with Crippen LogP contribution in [-0.4, -0.2) is 68.3 Å². The van der Waals surface area contributed by atoms with E-state index in [1.54, 1.807) is 0 Å². The van der Waals surface area contributed by atoms with Crippen LogP contribution >= 0.6 is 7.82 Å². The van der Waals surface area contributed by atoms with Crippen LogP contribution in [0.15, 0.2) is 0 Å². The Balaban J connectivity index is 2.66. The van der Waals surface area contributed by atoms with Gasteiger partial charge in [-0.05, 0) is 0 Å². The number of carbonyl (C=O) groups excluding carboxylic acids is 1. The van der Waals surface area contributed by atoms with Crippen molar-refractivity contribution in [3.63, 3.8) is 0 Å². The Morgan fingerprint density at radius 2 is 1.89 bits per heavy atom. The summed E-state index contributed by atoms with van der Waals surface area (Å²) in [4.78, 5) is 27.9. The summed E-state index contributed by atoms with van der Waals surface area (Å²) in [6.07, 6.45) is -6.15. The highest BCUT2D eigenvalue weighted by molar-refractivity contribution is 7.46. The minimum Gasteiger partial charge on any atom is -0.388 e. The van der Waals surface area contributed by atoms with Crippen LogP contribution in [0.2, 0.25) is 0 Å². The number of hydrogen-bond acceptors (Lipinski definition) is 7. The molecule has 1 rings (SSSR count). The topological polar surface area (TPSA) is 166 Å². The highest BCUT2D eigenvalue weighted by Crippen LogP contribution is 2.36. The number of aliphatic hydroxyl groups excluding tert-OH is 3. The van der Waals surface area contributed by atoms with Crippen LogP contribution in [0, 0.1) is 0 Å². The molecule has 1 saturated heterocycles. The van der Waals surface area contributed by atoms with Gasteiger partial charge in [0.05, 0.1) is 6.61 Å². The maximum atomic E-state index is 10.9. The first-order chi connectivity index (χ1) is 8.61. The number of nitrogens with one attached hydrogen (secondary N) is 1. The minimum absolute atomic E-state index is 0.552. The SMILES string of the molecule is CC(=O)N[C@H]1C(O)[C@@H](O)C(COP(=O)(O)O)O[C@H]1O. The molecule has 19 heavy (non-hydrogen) atoms. The van der Waals surface area contributed by atoms with Crippen molar-refractivity contribution in [3.8, 4) is 0 Å². The van der Waals surface area contributed by atoms with Gasteiger partial charge in [0.1, 0.15) is 24.4 Å². The summed E-state index contributed by atoms with van der Waals surface area (Å²) in [5.74, 6) is -0.552. The van der Waals surface area contributed by atoms with Crippen molar-refractivity contribution in [2.75, 3.05) is 6.61 Å². The van der Waals surface area contributed by atoms with E-state index in [2.05, 4.69) is 9.84 Å². The van der Waals surface area contributed by atoms with E-state index < -0.39 is 51.0 Å². The molecule has 0 aromatic heterocycles. The van der Waals surface area contributed by atoms with Crippen molar-refractivity contribution in [1.29, 1.82) is 0 Å². The van der Waals surface area contributed by atoms with E-state index in [4.69, 9.17) is 14.5 Å². The monoisotopic (exact) mass is 301 g/mol. The zero-order valence-corrected chi connectivity index (χ0v) is 10.8. The maximum Gasteiger partial charge on any atom is 0.469 e. The van der Waals surface area contributed by atoms with Crippen LogP contribution in [0.3, 0.4) is 0 Å². The maximum absolute atomic E-state index is 10.9. The number of aliphatic hydroxyl groups is 3. The van der Waals surface area contributed by atoms with Crippen LogP contribution in [0.5, 0.6) is 0 Å². The molecule has 112 valence electrons. The van der Waals surface area contributed by atoms with Crippen molar-refractivity contribution in [2.24, 2.45) is 0 Å². The molecule has 6 N–H and O–H groups in total. The molecule has 1 fully saturated rings. The number of amides is 1. The van der Waals surface area contributed by atoms with Crippen molar-refractivity contribution in [2.45, 2.75) is 37.6 Å². The van der Waals surface area contributed by atoms with E-state index in [9.17, 15) is 24.7 Å². The smallest absolute Gasteiger partial charge is 0.388 e. The summed E-state index contributed by atoms with van der Waals surface area (Å²) in [6.45, 7) is 0.418. The fourth-order valence-corrected chi connectivity index (χ4v) is 1.99. The zero-order chi connectivity index (χ0) is 14.8. The third-order valence-electron chi connectivity index (χ3n) is 2.50. The van der Waals surface area contributed by atoms with E-state index in [0.717, 1.165) is 6.92 Å². The molecule has 1 aliphatic heterocycles. The standard InChI is InChI=1S/C8H16NO9P/c1-3(10)9-5-7(12)6(11)4(18-8(5)13)2-17-19(14,15)16/h4-8,11-13H,2H2,1H3,(H,9,10)(H2,14,15,16)/t4?,5-,6-,7?,8+/m0/s1. The van der Waals surface area contributed by atoms with Crippen molar-refractivity contribution < 1.29 is 43.7 Å². The first-order valence-corrected chi connectivity index (χ1v) is 6.81. The van der Waals surface area contributed by atoms with Crippen molar-refractivity contribution in [1.82, 2.24) is 5.32 Å². The summed E-state index contributed by atoms with van der Waals surface area (Å²) in [6, 6.07) is -1.25. The van der Waals surface area contributed by atoms with Crippen LogP contribution < -0.4 is 5.32 Å². The lowest BCUT2D eigenvalue weighted by atomic mass is 9.97. The Morgan fingerprint density at radius 3 is 2.37 bits per heavy atom. The Kier molecular flexibility index (Phi) is 5.42. The van der Waals surface area contributed by atoms with Gasteiger partial charge in [0, 0.05) is 6.92 Å². The summed E-state index contributed by atoms with van der Waals surface area (Å²) >= 11 is 0. The predicted octanol–water partition coefficient (Wildman–Crippen LogP) is -2.96. The molecule has 0 aliphatic carbocycles. The molecule has 0 aromatic carbocycles. The van der Waals surface area contributed by atoms with Crippen LogP contribution in [-0.2, 0) is 18.6 Å². The molecular weight excluding hydrogens is 285 g/mol. The molecule has 11 heteroatoms. The average Bonchev–Trinajstić information content (AvgIpc) is 2.26. The first-order valence-electron chi connectivity index (χ1n) is 5.28. The molecule has 1 heterocycles. The number of carbonyl (C=O) groups is 1. The molecule has 0 radical (unpaired) electrons. The number of phosphoric acid groups is 1. The van der Waals surface area contributed by atoms with Gasteiger partial charge < -0.3 is 35.2 Å². The van der Waals surface area contributed by atoms with Gasteiger partial charge in [0.25, 0.3) is 0 Å². The second-order valence-corrected chi connectivity index (χ2v) is 5.30. The average molecular weight is 301 g/mol. The molecule has 0 aromatic rings. The fourth-order valence-electron chi connectivity index (χ4n) is 1.65. The van der Waals surface area contributed by atoms with Gasteiger partial charge >= 0.3 is 7.82 Å². The molecule has 1 aliphatic rings. The Labute approximate surface area is 108 Å². The summed E-state index contributed by atoms with van der Waals surface area (Å²) in [5.41, 5.74) is 0. The normalized spacial score (nSPS) is 36.0. The van der Waals surface area contributed by atoms with Gasteiger partial charge in [-0.3, -0.25) is 9.32 Å². The third-order valence-corrected chi connectivity index (χ3v) is 2.98.